The third-order valence-electron chi connectivity index (χ3n) is 3.86. The normalized spacial score (nSPS) is 10.8. The van der Waals surface area contributed by atoms with E-state index < -0.39 is 0 Å². The lowest BCUT2D eigenvalue weighted by atomic mass is 10.2. The Hall–Kier alpha value is -2.08. The van der Waals surface area contributed by atoms with Crippen molar-refractivity contribution in [1.29, 1.82) is 0 Å². The van der Waals surface area contributed by atoms with Crippen LogP contribution >= 0.6 is 22.9 Å². The van der Waals surface area contributed by atoms with E-state index in [4.69, 9.17) is 20.8 Å². The van der Waals surface area contributed by atoms with Gasteiger partial charge in [-0.3, -0.25) is 4.79 Å². The number of thiophene rings is 1. The molecule has 3 rings (SSSR count). The second kappa shape index (κ2) is 9.03. The maximum Gasteiger partial charge on any atom is 0.249 e. The first kappa shape index (κ1) is 18.7. The molecule has 0 unspecified atom stereocenters. The summed E-state index contributed by atoms with van der Waals surface area (Å²) in [5, 5.41) is 0.640. The molecule has 6 heteroatoms. The molecule has 0 spiro atoms. The van der Waals surface area contributed by atoms with Crippen LogP contribution in [0.5, 0.6) is 0 Å². The third-order valence-corrected chi connectivity index (χ3v) is 5.22. The highest BCUT2D eigenvalue weighted by Gasteiger charge is 2.17. The Morgan fingerprint density at radius 2 is 2.00 bits per heavy atom. The maximum atomic E-state index is 12.7. The van der Waals surface area contributed by atoms with Gasteiger partial charge in [-0.05, 0) is 42.8 Å². The predicted molar refractivity (Wildman–Crippen MR) is 103 cm³/mol. The van der Waals surface area contributed by atoms with Crippen LogP contribution in [-0.2, 0) is 29.2 Å². The molecule has 0 N–H and O–H groups in total. The van der Waals surface area contributed by atoms with Crippen molar-refractivity contribution in [3.63, 3.8) is 0 Å². The number of aryl methyl sites for hydroxylation is 1. The minimum atomic E-state index is -0.0838. The molecule has 0 saturated carbocycles. The van der Waals surface area contributed by atoms with Crippen molar-refractivity contribution in [2.24, 2.45) is 0 Å². The minimum absolute atomic E-state index is 0.00368. The van der Waals surface area contributed by atoms with Crippen LogP contribution in [0.1, 0.15) is 21.1 Å². The van der Waals surface area contributed by atoms with Gasteiger partial charge in [-0.1, -0.05) is 29.8 Å². The van der Waals surface area contributed by atoms with Crippen molar-refractivity contribution in [2.75, 3.05) is 6.61 Å². The Morgan fingerprint density at radius 1 is 1.15 bits per heavy atom. The topological polar surface area (TPSA) is 42.7 Å². The van der Waals surface area contributed by atoms with E-state index in [0.717, 1.165) is 16.2 Å². The number of hydrogen-bond acceptors (Lipinski definition) is 4. The van der Waals surface area contributed by atoms with Crippen LogP contribution in [-0.4, -0.2) is 17.4 Å². The van der Waals surface area contributed by atoms with Crippen molar-refractivity contribution >= 4 is 28.8 Å². The van der Waals surface area contributed by atoms with Gasteiger partial charge < -0.3 is 14.1 Å². The first-order valence-corrected chi connectivity index (χ1v) is 9.48. The van der Waals surface area contributed by atoms with E-state index in [1.807, 2.05) is 42.5 Å². The van der Waals surface area contributed by atoms with Crippen LogP contribution < -0.4 is 0 Å². The maximum absolute atomic E-state index is 12.7. The van der Waals surface area contributed by atoms with Gasteiger partial charge in [0.2, 0.25) is 5.91 Å². The molecular weight excluding hydrogens is 370 g/mol. The van der Waals surface area contributed by atoms with E-state index in [1.165, 1.54) is 4.88 Å². The van der Waals surface area contributed by atoms with E-state index in [1.54, 1.807) is 22.5 Å². The molecule has 136 valence electrons. The van der Waals surface area contributed by atoms with Gasteiger partial charge in [0.15, 0.2) is 0 Å². The molecule has 0 radical (unpaired) electrons. The highest BCUT2D eigenvalue weighted by molar-refractivity contribution is 7.11. The highest BCUT2D eigenvalue weighted by atomic mass is 35.5. The Morgan fingerprint density at radius 3 is 2.69 bits per heavy atom. The number of benzene rings is 1. The van der Waals surface area contributed by atoms with E-state index in [2.05, 4.69) is 13.0 Å². The van der Waals surface area contributed by atoms with Crippen molar-refractivity contribution in [3.05, 3.63) is 80.9 Å². The lowest BCUT2D eigenvalue weighted by Gasteiger charge is -2.21. The summed E-state index contributed by atoms with van der Waals surface area (Å²) in [7, 11) is 0. The fraction of sp³-hybridized carbons (Fsp3) is 0.250. The molecule has 26 heavy (non-hydrogen) atoms. The summed E-state index contributed by atoms with van der Waals surface area (Å²) in [6, 6.07) is 15.3. The first-order chi connectivity index (χ1) is 12.6. The predicted octanol–water partition coefficient (Wildman–Crippen LogP) is 5.05. The molecule has 0 aliphatic heterocycles. The number of furan rings is 1. The summed E-state index contributed by atoms with van der Waals surface area (Å²) in [5.41, 5.74) is 0.869. The Balaban J connectivity index is 1.61. The molecule has 1 aromatic carbocycles. The van der Waals surface area contributed by atoms with Crippen LogP contribution in [0, 0.1) is 6.92 Å². The van der Waals surface area contributed by atoms with Gasteiger partial charge in [-0.25, -0.2) is 0 Å². The summed E-state index contributed by atoms with van der Waals surface area (Å²) >= 11 is 7.81. The SMILES string of the molecule is Cc1ccc(CN(Cc2ccco2)C(=O)COCc2ccccc2Cl)s1. The number of ether oxygens (including phenoxy) is 1. The lowest BCUT2D eigenvalue weighted by Crippen LogP contribution is -2.32. The molecule has 0 atom stereocenters. The lowest BCUT2D eigenvalue weighted by molar-refractivity contribution is -0.138. The summed E-state index contributed by atoms with van der Waals surface area (Å²) in [6.07, 6.45) is 1.61. The second-order valence-electron chi connectivity index (χ2n) is 5.93. The van der Waals surface area contributed by atoms with Gasteiger partial charge in [0.05, 0.1) is 26.0 Å². The monoisotopic (exact) mass is 389 g/mol. The standard InChI is InChI=1S/C20H20ClNO3S/c1-15-8-9-18(26-15)12-22(11-17-6-4-10-25-17)20(23)14-24-13-16-5-2-3-7-19(16)21/h2-10H,11-14H2,1H3. The largest absolute Gasteiger partial charge is 0.467 e. The number of carbonyl (C=O) groups excluding carboxylic acids is 1. The van der Waals surface area contributed by atoms with Gasteiger partial charge >= 0.3 is 0 Å². The second-order valence-corrected chi connectivity index (χ2v) is 7.71. The molecule has 3 aromatic rings. The Bertz CT molecular complexity index is 844. The van der Waals surface area contributed by atoms with E-state index in [-0.39, 0.29) is 12.5 Å². The summed E-state index contributed by atoms with van der Waals surface area (Å²) in [6.45, 7) is 3.31. The summed E-state index contributed by atoms with van der Waals surface area (Å²) < 4.78 is 11.0. The van der Waals surface area contributed by atoms with E-state index in [9.17, 15) is 4.79 Å². The van der Waals surface area contributed by atoms with Crippen LogP contribution in [0.25, 0.3) is 0 Å². The Kier molecular flexibility index (Phi) is 6.50. The minimum Gasteiger partial charge on any atom is -0.467 e. The molecular formula is C20H20ClNO3S. The van der Waals surface area contributed by atoms with Gasteiger partial charge in [-0.2, -0.15) is 0 Å². The van der Waals surface area contributed by atoms with Gasteiger partial charge in [0.25, 0.3) is 0 Å². The molecule has 0 fully saturated rings. The number of hydrogen-bond donors (Lipinski definition) is 0. The number of amides is 1. The van der Waals surface area contributed by atoms with Gasteiger partial charge in [0.1, 0.15) is 12.4 Å². The molecule has 2 aromatic heterocycles. The van der Waals surface area contributed by atoms with Crippen molar-refractivity contribution in [3.8, 4) is 0 Å². The zero-order chi connectivity index (χ0) is 18.4. The van der Waals surface area contributed by atoms with E-state index in [0.29, 0.717) is 24.7 Å². The molecule has 0 bridgehead atoms. The number of carbonyl (C=O) groups is 1. The van der Waals surface area contributed by atoms with Crippen molar-refractivity contribution < 1.29 is 13.9 Å². The van der Waals surface area contributed by atoms with Gasteiger partial charge in [0, 0.05) is 14.8 Å². The molecule has 0 aliphatic rings. The molecule has 2 heterocycles. The fourth-order valence-corrected chi connectivity index (χ4v) is 3.63. The number of nitrogens with zero attached hydrogens (tertiary/aromatic N) is 1. The number of rotatable bonds is 8. The van der Waals surface area contributed by atoms with Gasteiger partial charge in [-0.15, -0.1) is 11.3 Å². The van der Waals surface area contributed by atoms with Crippen molar-refractivity contribution in [2.45, 2.75) is 26.6 Å². The molecule has 1 amide bonds. The summed E-state index contributed by atoms with van der Waals surface area (Å²) in [5.74, 6) is 0.664. The molecule has 0 saturated heterocycles. The third kappa shape index (κ3) is 5.21. The highest BCUT2D eigenvalue weighted by Crippen LogP contribution is 2.19. The fourth-order valence-electron chi connectivity index (χ4n) is 2.54. The zero-order valence-corrected chi connectivity index (χ0v) is 16.1. The average molecular weight is 390 g/mol. The van der Waals surface area contributed by atoms with Crippen molar-refractivity contribution in [1.82, 2.24) is 4.90 Å². The quantitative estimate of drug-likeness (QED) is 0.541. The number of halogens is 1. The molecule has 0 aliphatic carbocycles. The summed E-state index contributed by atoms with van der Waals surface area (Å²) in [4.78, 5) is 16.8. The van der Waals surface area contributed by atoms with E-state index >= 15 is 0 Å². The van der Waals surface area contributed by atoms with Crippen LogP contribution in [0.3, 0.4) is 0 Å². The van der Waals surface area contributed by atoms with Crippen LogP contribution in [0.2, 0.25) is 5.02 Å². The van der Waals surface area contributed by atoms with Crippen LogP contribution in [0.4, 0.5) is 0 Å². The molecule has 4 nitrogen and oxygen atoms in total. The van der Waals surface area contributed by atoms with Crippen LogP contribution in [0.15, 0.2) is 59.2 Å². The first-order valence-electron chi connectivity index (χ1n) is 8.28. The Labute approximate surface area is 162 Å². The zero-order valence-electron chi connectivity index (χ0n) is 14.5. The smallest absolute Gasteiger partial charge is 0.249 e. The average Bonchev–Trinajstić information content (AvgIpc) is 3.28.